The van der Waals surface area contributed by atoms with Crippen molar-refractivity contribution in [3.8, 4) is 6.07 Å². The van der Waals surface area contributed by atoms with E-state index in [-0.39, 0.29) is 11.8 Å². The third kappa shape index (κ3) is 4.64. The van der Waals surface area contributed by atoms with E-state index in [0.29, 0.717) is 23.2 Å². The van der Waals surface area contributed by atoms with Crippen molar-refractivity contribution in [2.45, 2.75) is 6.42 Å². The predicted octanol–water partition coefficient (Wildman–Crippen LogP) is 2.93. The summed E-state index contributed by atoms with van der Waals surface area (Å²) in [7, 11) is 0. The van der Waals surface area contributed by atoms with E-state index >= 15 is 0 Å². The van der Waals surface area contributed by atoms with Gasteiger partial charge in [-0.1, -0.05) is 12.1 Å². The van der Waals surface area contributed by atoms with E-state index in [1.807, 2.05) is 34.9 Å². The zero-order valence-corrected chi connectivity index (χ0v) is 15.1. The van der Waals surface area contributed by atoms with Crippen LogP contribution in [0.2, 0.25) is 0 Å². The fourth-order valence-electron chi connectivity index (χ4n) is 2.70. The summed E-state index contributed by atoms with van der Waals surface area (Å²) in [5, 5.41) is 11.6. The maximum atomic E-state index is 12.3. The summed E-state index contributed by atoms with van der Waals surface area (Å²) in [5.41, 5.74) is 2.61. The van der Waals surface area contributed by atoms with E-state index < -0.39 is 0 Å². The Hall–Kier alpha value is -2.78. The van der Waals surface area contributed by atoms with Crippen LogP contribution in [0, 0.1) is 11.3 Å². The number of nitrogens with one attached hydrogen (secondary N) is 1. The van der Waals surface area contributed by atoms with E-state index in [0.717, 1.165) is 30.2 Å². The van der Waals surface area contributed by atoms with Gasteiger partial charge < -0.3 is 10.2 Å². The first-order valence-electron chi connectivity index (χ1n) is 8.42. The summed E-state index contributed by atoms with van der Waals surface area (Å²) in [6.45, 7) is 1.64. The van der Waals surface area contributed by atoms with Gasteiger partial charge in [-0.3, -0.25) is 9.59 Å². The maximum absolute atomic E-state index is 12.3. The fourth-order valence-corrected chi connectivity index (χ4v) is 3.61. The lowest BCUT2D eigenvalue weighted by Gasteiger charge is -2.26. The van der Waals surface area contributed by atoms with Gasteiger partial charge in [0.1, 0.15) is 0 Å². The van der Waals surface area contributed by atoms with Crippen LogP contribution in [0.1, 0.15) is 21.5 Å². The van der Waals surface area contributed by atoms with Crippen molar-refractivity contribution in [1.29, 1.82) is 5.26 Å². The van der Waals surface area contributed by atoms with Gasteiger partial charge in [-0.2, -0.15) is 17.0 Å². The van der Waals surface area contributed by atoms with Crippen molar-refractivity contribution < 1.29 is 9.59 Å². The SMILES string of the molecule is N#Cc1ccc(C(=O)Nc2ccc(CC(=O)N3CCSCC3)cc2)cc1. The molecule has 3 rings (SSSR count). The molecule has 2 amide bonds. The molecular formula is C20H19N3O2S. The Bertz CT molecular complexity index is 820. The van der Waals surface area contributed by atoms with Gasteiger partial charge in [0.2, 0.25) is 5.91 Å². The van der Waals surface area contributed by atoms with Gasteiger partial charge in [-0.25, -0.2) is 0 Å². The number of rotatable bonds is 4. The summed E-state index contributed by atoms with van der Waals surface area (Å²) in [6.07, 6.45) is 0.383. The van der Waals surface area contributed by atoms with Crippen LogP contribution in [0.5, 0.6) is 0 Å². The highest BCUT2D eigenvalue weighted by Gasteiger charge is 2.16. The smallest absolute Gasteiger partial charge is 0.255 e. The number of nitriles is 1. The molecule has 0 radical (unpaired) electrons. The summed E-state index contributed by atoms with van der Waals surface area (Å²) < 4.78 is 0. The minimum atomic E-state index is -0.232. The molecule has 1 saturated heterocycles. The standard InChI is InChI=1S/C20H19N3O2S/c21-14-16-1-5-17(6-2-16)20(25)22-18-7-3-15(4-8-18)13-19(24)23-9-11-26-12-10-23/h1-8H,9-13H2,(H,22,25). The van der Waals surface area contributed by atoms with Gasteiger partial charge in [0.25, 0.3) is 5.91 Å². The second-order valence-corrected chi connectivity index (χ2v) is 7.23. The van der Waals surface area contributed by atoms with Crippen LogP contribution in [0.15, 0.2) is 48.5 Å². The van der Waals surface area contributed by atoms with Crippen molar-refractivity contribution in [3.63, 3.8) is 0 Å². The lowest BCUT2D eigenvalue weighted by Crippen LogP contribution is -2.38. The molecule has 26 heavy (non-hydrogen) atoms. The molecule has 0 aromatic heterocycles. The third-order valence-electron chi connectivity index (χ3n) is 4.21. The number of amides is 2. The van der Waals surface area contributed by atoms with Crippen LogP contribution in [-0.4, -0.2) is 41.3 Å². The molecule has 132 valence electrons. The van der Waals surface area contributed by atoms with Crippen molar-refractivity contribution in [2.75, 3.05) is 29.9 Å². The molecule has 1 heterocycles. The highest BCUT2D eigenvalue weighted by molar-refractivity contribution is 7.99. The van der Waals surface area contributed by atoms with Gasteiger partial charge in [-0.05, 0) is 42.0 Å². The Morgan fingerprint density at radius 3 is 2.31 bits per heavy atom. The third-order valence-corrected chi connectivity index (χ3v) is 5.15. The van der Waals surface area contributed by atoms with E-state index in [2.05, 4.69) is 5.32 Å². The minimum absolute atomic E-state index is 0.152. The molecule has 2 aromatic rings. The second-order valence-electron chi connectivity index (χ2n) is 6.01. The zero-order valence-electron chi connectivity index (χ0n) is 14.3. The van der Waals surface area contributed by atoms with E-state index in [1.165, 1.54) is 0 Å². The number of thioether (sulfide) groups is 1. The van der Waals surface area contributed by atoms with Gasteiger partial charge in [0.05, 0.1) is 18.1 Å². The summed E-state index contributed by atoms with van der Waals surface area (Å²) in [6, 6.07) is 15.8. The summed E-state index contributed by atoms with van der Waals surface area (Å²) >= 11 is 1.88. The van der Waals surface area contributed by atoms with E-state index in [1.54, 1.807) is 36.4 Å². The van der Waals surface area contributed by atoms with E-state index in [4.69, 9.17) is 5.26 Å². The lowest BCUT2D eigenvalue weighted by atomic mass is 10.1. The molecule has 6 heteroatoms. The molecule has 5 nitrogen and oxygen atoms in total. The Labute approximate surface area is 157 Å². The molecule has 0 saturated carbocycles. The van der Waals surface area contributed by atoms with Crippen LogP contribution in [0.25, 0.3) is 0 Å². The van der Waals surface area contributed by atoms with Gasteiger partial charge >= 0.3 is 0 Å². The molecular weight excluding hydrogens is 346 g/mol. The first-order chi connectivity index (χ1) is 12.7. The largest absolute Gasteiger partial charge is 0.341 e. The van der Waals surface area contributed by atoms with Gasteiger partial charge in [0, 0.05) is 35.8 Å². The number of carbonyl (C=O) groups excluding carboxylic acids is 2. The van der Waals surface area contributed by atoms with Crippen molar-refractivity contribution in [2.24, 2.45) is 0 Å². The molecule has 0 aliphatic carbocycles. The number of benzene rings is 2. The minimum Gasteiger partial charge on any atom is -0.341 e. The van der Waals surface area contributed by atoms with Crippen LogP contribution in [0.4, 0.5) is 5.69 Å². The zero-order chi connectivity index (χ0) is 18.4. The number of anilines is 1. The summed E-state index contributed by atoms with van der Waals surface area (Å²) in [5.74, 6) is 1.93. The molecule has 2 aromatic carbocycles. The number of carbonyl (C=O) groups is 2. The topological polar surface area (TPSA) is 73.2 Å². The molecule has 1 fully saturated rings. The molecule has 0 atom stereocenters. The van der Waals surface area contributed by atoms with Crippen molar-refractivity contribution >= 4 is 29.3 Å². The van der Waals surface area contributed by atoms with Crippen molar-refractivity contribution in [1.82, 2.24) is 4.90 Å². The Morgan fingerprint density at radius 1 is 1.04 bits per heavy atom. The Kier molecular flexibility index (Phi) is 5.92. The number of nitrogens with zero attached hydrogens (tertiary/aromatic N) is 2. The van der Waals surface area contributed by atoms with E-state index in [9.17, 15) is 9.59 Å². The molecule has 0 unspecified atom stereocenters. The lowest BCUT2D eigenvalue weighted by molar-refractivity contribution is -0.130. The van der Waals surface area contributed by atoms with Crippen LogP contribution in [0.3, 0.4) is 0 Å². The first kappa shape index (κ1) is 18.0. The molecule has 0 bridgehead atoms. The van der Waals surface area contributed by atoms with Crippen LogP contribution >= 0.6 is 11.8 Å². The monoisotopic (exact) mass is 365 g/mol. The Morgan fingerprint density at radius 2 is 1.69 bits per heavy atom. The highest BCUT2D eigenvalue weighted by Crippen LogP contribution is 2.15. The highest BCUT2D eigenvalue weighted by atomic mass is 32.2. The quantitative estimate of drug-likeness (QED) is 0.904. The van der Waals surface area contributed by atoms with Gasteiger partial charge in [-0.15, -0.1) is 0 Å². The summed E-state index contributed by atoms with van der Waals surface area (Å²) in [4.78, 5) is 26.4. The average molecular weight is 365 g/mol. The molecule has 0 spiro atoms. The van der Waals surface area contributed by atoms with Crippen LogP contribution in [-0.2, 0) is 11.2 Å². The average Bonchev–Trinajstić information content (AvgIpc) is 2.70. The number of hydrogen-bond acceptors (Lipinski definition) is 4. The van der Waals surface area contributed by atoms with Crippen LogP contribution < -0.4 is 5.32 Å². The predicted molar refractivity (Wildman–Crippen MR) is 103 cm³/mol. The van der Waals surface area contributed by atoms with Crippen molar-refractivity contribution in [3.05, 3.63) is 65.2 Å². The molecule has 1 aliphatic heterocycles. The first-order valence-corrected chi connectivity index (χ1v) is 9.57. The number of hydrogen-bond donors (Lipinski definition) is 1. The Balaban J connectivity index is 1.57. The van der Waals surface area contributed by atoms with Gasteiger partial charge in [0.15, 0.2) is 0 Å². The molecule has 1 aliphatic rings. The molecule has 1 N–H and O–H groups in total. The maximum Gasteiger partial charge on any atom is 0.255 e. The normalized spacial score (nSPS) is 13.7. The fraction of sp³-hybridized carbons (Fsp3) is 0.250. The second kappa shape index (κ2) is 8.54.